The Labute approximate surface area is 125 Å². The van der Waals surface area contributed by atoms with Crippen molar-refractivity contribution >= 4 is 5.97 Å². The van der Waals surface area contributed by atoms with Crippen molar-refractivity contribution < 1.29 is 19.4 Å². The van der Waals surface area contributed by atoms with Gasteiger partial charge in [0.25, 0.3) is 0 Å². The molecule has 0 amide bonds. The summed E-state index contributed by atoms with van der Waals surface area (Å²) in [7, 11) is 3.04. The lowest BCUT2D eigenvalue weighted by Gasteiger charge is -2.30. The van der Waals surface area contributed by atoms with E-state index in [2.05, 4.69) is 4.98 Å². The SMILES string of the molecule is COc1ccnc(CC(CN)(CC(C)C)C(=O)O)c1OC. The highest BCUT2D eigenvalue weighted by atomic mass is 16.5. The number of pyridine rings is 1. The van der Waals surface area contributed by atoms with E-state index in [9.17, 15) is 9.90 Å². The molecule has 1 unspecified atom stereocenters. The lowest BCUT2D eigenvalue weighted by atomic mass is 9.76. The molecule has 1 aromatic heterocycles. The number of ether oxygens (including phenoxy) is 2. The molecule has 0 aromatic carbocycles. The molecule has 0 fully saturated rings. The zero-order valence-corrected chi connectivity index (χ0v) is 13.0. The summed E-state index contributed by atoms with van der Waals surface area (Å²) in [6.07, 6.45) is 2.26. The zero-order chi connectivity index (χ0) is 16.0. The molecule has 0 aliphatic rings. The summed E-state index contributed by atoms with van der Waals surface area (Å²) < 4.78 is 10.5. The highest BCUT2D eigenvalue weighted by Gasteiger charge is 2.39. The van der Waals surface area contributed by atoms with Crippen LogP contribution in [0, 0.1) is 11.3 Å². The van der Waals surface area contributed by atoms with Crippen LogP contribution in [-0.2, 0) is 11.2 Å². The first-order chi connectivity index (χ1) is 9.90. The second-order valence-corrected chi connectivity index (χ2v) is 5.56. The lowest BCUT2D eigenvalue weighted by Crippen LogP contribution is -2.42. The van der Waals surface area contributed by atoms with Gasteiger partial charge in [-0.1, -0.05) is 13.8 Å². The Morgan fingerprint density at radius 2 is 2.10 bits per heavy atom. The van der Waals surface area contributed by atoms with Gasteiger partial charge in [-0.15, -0.1) is 0 Å². The molecule has 0 spiro atoms. The molecule has 6 nitrogen and oxygen atoms in total. The molecular weight excluding hydrogens is 272 g/mol. The van der Waals surface area contributed by atoms with Crippen LogP contribution in [0.1, 0.15) is 26.0 Å². The van der Waals surface area contributed by atoms with Crippen molar-refractivity contribution in [2.75, 3.05) is 20.8 Å². The number of nitrogens with zero attached hydrogens (tertiary/aromatic N) is 1. The summed E-state index contributed by atoms with van der Waals surface area (Å²) in [4.78, 5) is 16.0. The molecule has 21 heavy (non-hydrogen) atoms. The molecule has 1 heterocycles. The van der Waals surface area contributed by atoms with E-state index in [1.807, 2.05) is 13.8 Å². The molecule has 1 atom stereocenters. The monoisotopic (exact) mass is 296 g/mol. The predicted molar refractivity (Wildman–Crippen MR) is 79.6 cm³/mol. The second-order valence-electron chi connectivity index (χ2n) is 5.56. The Morgan fingerprint density at radius 1 is 1.43 bits per heavy atom. The van der Waals surface area contributed by atoms with E-state index < -0.39 is 11.4 Å². The third kappa shape index (κ3) is 3.85. The number of methoxy groups -OCH3 is 2. The van der Waals surface area contributed by atoms with Crippen LogP contribution in [0.5, 0.6) is 11.5 Å². The van der Waals surface area contributed by atoms with Crippen LogP contribution in [0.15, 0.2) is 12.3 Å². The minimum absolute atomic E-state index is 0.0442. The van der Waals surface area contributed by atoms with Crippen LogP contribution < -0.4 is 15.2 Å². The molecule has 0 aliphatic carbocycles. The van der Waals surface area contributed by atoms with Gasteiger partial charge in [0, 0.05) is 25.2 Å². The maximum Gasteiger partial charge on any atom is 0.311 e. The molecule has 0 aliphatic heterocycles. The van der Waals surface area contributed by atoms with Crippen LogP contribution in [0.2, 0.25) is 0 Å². The highest BCUT2D eigenvalue weighted by Crippen LogP contribution is 2.36. The molecule has 0 radical (unpaired) electrons. The van der Waals surface area contributed by atoms with E-state index in [0.717, 1.165) is 0 Å². The fourth-order valence-corrected chi connectivity index (χ4v) is 2.56. The molecule has 118 valence electrons. The van der Waals surface area contributed by atoms with Gasteiger partial charge in [0.05, 0.1) is 25.3 Å². The Bertz CT molecular complexity index is 491. The normalized spacial score (nSPS) is 13.8. The summed E-state index contributed by atoms with van der Waals surface area (Å²) in [6, 6.07) is 1.68. The van der Waals surface area contributed by atoms with Crippen LogP contribution in [0.4, 0.5) is 0 Å². The molecule has 0 saturated heterocycles. The van der Waals surface area contributed by atoms with Gasteiger partial charge in [0.1, 0.15) is 0 Å². The number of nitrogens with two attached hydrogens (primary N) is 1. The Morgan fingerprint density at radius 3 is 2.52 bits per heavy atom. The van der Waals surface area contributed by atoms with E-state index in [4.69, 9.17) is 15.2 Å². The predicted octanol–water partition coefficient (Wildman–Crippen LogP) is 1.72. The number of aliphatic carboxylic acids is 1. The number of hydrogen-bond acceptors (Lipinski definition) is 5. The van der Waals surface area contributed by atoms with Gasteiger partial charge in [0.2, 0.25) is 0 Å². The third-order valence-corrected chi connectivity index (χ3v) is 3.52. The third-order valence-electron chi connectivity index (χ3n) is 3.52. The number of aromatic nitrogens is 1. The lowest BCUT2D eigenvalue weighted by molar-refractivity contribution is -0.149. The number of carboxylic acid groups (broad SMARTS) is 1. The van der Waals surface area contributed by atoms with Crippen molar-refractivity contribution in [2.24, 2.45) is 17.1 Å². The maximum absolute atomic E-state index is 11.8. The number of carboxylic acids is 1. The van der Waals surface area contributed by atoms with Crippen molar-refractivity contribution in [2.45, 2.75) is 26.7 Å². The van der Waals surface area contributed by atoms with Crippen molar-refractivity contribution in [1.82, 2.24) is 4.98 Å². The first-order valence-electron chi connectivity index (χ1n) is 6.89. The van der Waals surface area contributed by atoms with Gasteiger partial charge in [-0.3, -0.25) is 9.78 Å². The van der Waals surface area contributed by atoms with Crippen LogP contribution in [-0.4, -0.2) is 36.8 Å². The molecule has 0 saturated carbocycles. The van der Waals surface area contributed by atoms with Crippen molar-refractivity contribution in [3.05, 3.63) is 18.0 Å². The largest absolute Gasteiger partial charge is 0.493 e. The summed E-state index contributed by atoms with van der Waals surface area (Å²) in [6.45, 7) is 4.00. The molecule has 0 bridgehead atoms. The topological polar surface area (TPSA) is 94.7 Å². The van der Waals surface area contributed by atoms with Gasteiger partial charge < -0.3 is 20.3 Å². The number of rotatable bonds is 8. The van der Waals surface area contributed by atoms with Gasteiger partial charge >= 0.3 is 5.97 Å². The fourth-order valence-electron chi connectivity index (χ4n) is 2.56. The standard InChI is InChI=1S/C15H24N2O4/c1-10(2)7-15(9-16,14(18)19)8-11-13(21-4)12(20-3)5-6-17-11/h5-6,10H,7-9,16H2,1-4H3,(H,18,19). The van der Waals surface area contributed by atoms with Crippen LogP contribution in [0.3, 0.4) is 0 Å². The van der Waals surface area contributed by atoms with Crippen LogP contribution in [0.25, 0.3) is 0 Å². The minimum atomic E-state index is -1.05. The number of hydrogen-bond donors (Lipinski definition) is 2. The second kappa shape index (κ2) is 7.26. The summed E-state index contributed by atoms with van der Waals surface area (Å²) in [5.41, 5.74) is 5.28. The van der Waals surface area contributed by atoms with E-state index in [1.54, 1.807) is 12.3 Å². The van der Waals surface area contributed by atoms with E-state index in [-0.39, 0.29) is 18.9 Å². The maximum atomic E-state index is 11.8. The summed E-state index contributed by atoms with van der Waals surface area (Å²) in [5, 5.41) is 9.64. The average molecular weight is 296 g/mol. The Kier molecular flexibility index (Phi) is 5.96. The van der Waals surface area contributed by atoms with E-state index in [1.165, 1.54) is 14.2 Å². The fraction of sp³-hybridized carbons (Fsp3) is 0.600. The van der Waals surface area contributed by atoms with E-state index in [0.29, 0.717) is 23.6 Å². The van der Waals surface area contributed by atoms with Crippen molar-refractivity contribution in [1.29, 1.82) is 0 Å². The smallest absolute Gasteiger partial charge is 0.311 e. The van der Waals surface area contributed by atoms with Crippen LogP contribution >= 0.6 is 0 Å². The summed E-state index contributed by atoms with van der Waals surface area (Å²) in [5.74, 6) is 0.290. The van der Waals surface area contributed by atoms with Crippen molar-refractivity contribution in [3.63, 3.8) is 0 Å². The average Bonchev–Trinajstić information content (AvgIpc) is 2.45. The quantitative estimate of drug-likeness (QED) is 0.758. The first-order valence-corrected chi connectivity index (χ1v) is 6.89. The first kappa shape index (κ1) is 17.2. The Balaban J connectivity index is 3.23. The number of carbonyl (C=O) groups is 1. The van der Waals surface area contributed by atoms with Gasteiger partial charge in [-0.2, -0.15) is 0 Å². The minimum Gasteiger partial charge on any atom is -0.493 e. The highest BCUT2D eigenvalue weighted by molar-refractivity contribution is 5.75. The molecule has 3 N–H and O–H groups in total. The van der Waals surface area contributed by atoms with E-state index >= 15 is 0 Å². The molecular formula is C15H24N2O4. The van der Waals surface area contributed by atoms with Gasteiger partial charge in [-0.25, -0.2) is 0 Å². The summed E-state index contributed by atoms with van der Waals surface area (Å²) >= 11 is 0. The van der Waals surface area contributed by atoms with Crippen molar-refractivity contribution in [3.8, 4) is 11.5 Å². The molecule has 1 aromatic rings. The Hall–Kier alpha value is -1.82. The molecule has 6 heteroatoms. The molecule has 1 rings (SSSR count). The van der Waals surface area contributed by atoms with Gasteiger partial charge in [-0.05, 0) is 12.3 Å². The van der Waals surface area contributed by atoms with Gasteiger partial charge in [0.15, 0.2) is 11.5 Å². The zero-order valence-electron chi connectivity index (χ0n) is 13.0.